The zero-order chi connectivity index (χ0) is 9.84. The summed E-state index contributed by atoms with van der Waals surface area (Å²) in [5.41, 5.74) is 0.598. The third kappa shape index (κ3) is 2.34. The van der Waals surface area contributed by atoms with Crippen molar-refractivity contribution in [3.05, 3.63) is 23.8 Å². The Bertz CT molecular complexity index is 324. The molecule has 0 aliphatic carbocycles. The average Bonchev–Trinajstić information content (AvgIpc) is 2.07. The Kier molecular flexibility index (Phi) is 2.71. The van der Waals surface area contributed by atoms with Gasteiger partial charge in [0, 0.05) is 11.3 Å². The van der Waals surface area contributed by atoms with E-state index in [0.717, 1.165) is 0 Å². The molecule has 1 aromatic carbocycles. The van der Waals surface area contributed by atoms with Crippen LogP contribution in [0.1, 0.15) is 5.56 Å². The van der Waals surface area contributed by atoms with E-state index >= 15 is 0 Å². The monoisotopic (exact) mass is 183 g/mol. The maximum Gasteiger partial charge on any atom is 0.409 e. The lowest BCUT2D eigenvalue weighted by atomic mass is 10.2. The number of carboxylic acid groups (broad SMARTS) is 1. The second-order valence-electron chi connectivity index (χ2n) is 2.43. The number of aliphatic hydroxyl groups excluding tert-OH is 1. The topological polar surface area (TPSA) is 89.8 Å². The summed E-state index contributed by atoms with van der Waals surface area (Å²) >= 11 is 0. The number of anilines is 1. The van der Waals surface area contributed by atoms with Gasteiger partial charge in [0.05, 0.1) is 6.61 Å². The van der Waals surface area contributed by atoms with Crippen molar-refractivity contribution >= 4 is 11.8 Å². The minimum atomic E-state index is -1.19. The molecule has 1 amide bonds. The van der Waals surface area contributed by atoms with Crippen molar-refractivity contribution in [1.82, 2.24) is 0 Å². The van der Waals surface area contributed by atoms with E-state index in [1.54, 1.807) is 0 Å². The van der Waals surface area contributed by atoms with Crippen molar-refractivity contribution in [2.24, 2.45) is 0 Å². The van der Waals surface area contributed by atoms with Gasteiger partial charge in [0.15, 0.2) is 0 Å². The highest BCUT2D eigenvalue weighted by molar-refractivity contribution is 5.83. The van der Waals surface area contributed by atoms with Gasteiger partial charge in [0.2, 0.25) is 0 Å². The maximum atomic E-state index is 10.2. The van der Waals surface area contributed by atoms with Crippen LogP contribution in [0.3, 0.4) is 0 Å². The molecule has 1 aromatic rings. The Labute approximate surface area is 74.3 Å². The van der Waals surface area contributed by atoms with Crippen molar-refractivity contribution in [1.29, 1.82) is 0 Å². The molecule has 5 nitrogen and oxygen atoms in total. The van der Waals surface area contributed by atoms with E-state index in [1.807, 2.05) is 0 Å². The molecule has 0 saturated carbocycles. The van der Waals surface area contributed by atoms with Crippen LogP contribution in [0, 0.1) is 0 Å². The highest BCUT2D eigenvalue weighted by Crippen LogP contribution is 2.21. The molecule has 0 unspecified atom stereocenters. The van der Waals surface area contributed by atoms with Crippen LogP contribution < -0.4 is 5.32 Å². The summed E-state index contributed by atoms with van der Waals surface area (Å²) in [6, 6.07) is 4.09. The fraction of sp³-hybridized carbons (Fsp3) is 0.125. The van der Waals surface area contributed by atoms with Gasteiger partial charge in [-0.25, -0.2) is 4.79 Å². The van der Waals surface area contributed by atoms with Gasteiger partial charge >= 0.3 is 6.09 Å². The van der Waals surface area contributed by atoms with Crippen LogP contribution in [0.2, 0.25) is 0 Å². The van der Waals surface area contributed by atoms with Crippen LogP contribution in [0.25, 0.3) is 0 Å². The fourth-order valence-electron chi connectivity index (χ4n) is 0.913. The maximum absolute atomic E-state index is 10.2. The van der Waals surface area contributed by atoms with Gasteiger partial charge in [-0.15, -0.1) is 0 Å². The molecule has 0 fully saturated rings. The predicted molar refractivity (Wildman–Crippen MR) is 45.7 cm³/mol. The van der Waals surface area contributed by atoms with Crippen LogP contribution in [-0.4, -0.2) is 21.4 Å². The zero-order valence-corrected chi connectivity index (χ0v) is 6.69. The van der Waals surface area contributed by atoms with E-state index in [-0.39, 0.29) is 17.9 Å². The molecule has 70 valence electrons. The Balaban J connectivity index is 2.92. The molecule has 0 bridgehead atoms. The molecule has 5 heteroatoms. The van der Waals surface area contributed by atoms with E-state index in [4.69, 9.17) is 15.3 Å². The van der Waals surface area contributed by atoms with Gasteiger partial charge in [0.25, 0.3) is 0 Å². The highest BCUT2D eigenvalue weighted by atomic mass is 16.4. The summed E-state index contributed by atoms with van der Waals surface area (Å²) in [5.74, 6) is -0.0570. The summed E-state index contributed by atoms with van der Waals surface area (Å²) in [7, 11) is 0. The summed E-state index contributed by atoms with van der Waals surface area (Å²) in [4.78, 5) is 10.2. The SMILES string of the molecule is O=C(O)Nc1ccc(O)c(CO)c1. The van der Waals surface area contributed by atoms with Gasteiger partial charge in [0.1, 0.15) is 5.75 Å². The Morgan fingerprint density at radius 2 is 2.15 bits per heavy atom. The first kappa shape index (κ1) is 9.34. The van der Waals surface area contributed by atoms with Crippen LogP contribution in [0.4, 0.5) is 10.5 Å². The van der Waals surface area contributed by atoms with Gasteiger partial charge < -0.3 is 15.3 Å². The average molecular weight is 183 g/mol. The van der Waals surface area contributed by atoms with Crippen LogP contribution in [0.5, 0.6) is 5.75 Å². The number of hydrogen-bond acceptors (Lipinski definition) is 3. The largest absolute Gasteiger partial charge is 0.508 e. The minimum absolute atomic E-state index is 0.0570. The number of benzene rings is 1. The van der Waals surface area contributed by atoms with Crippen molar-refractivity contribution in [2.45, 2.75) is 6.61 Å². The molecule has 4 N–H and O–H groups in total. The van der Waals surface area contributed by atoms with E-state index < -0.39 is 6.09 Å². The van der Waals surface area contributed by atoms with Crippen molar-refractivity contribution in [3.8, 4) is 5.75 Å². The lowest BCUT2D eigenvalue weighted by molar-refractivity contribution is 0.209. The molecular formula is C8H9NO4. The molecule has 13 heavy (non-hydrogen) atoms. The molecule has 1 rings (SSSR count). The number of aliphatic hydroxyl groups is 1. The van der Waals surface area contributed by atoms with Gasteiger partial charge in [-0.2, -0.15) is 0 Å². The number of nitrogens with one attached hydrogen (secondary N) is 1. The predicted octanol–water partition coefficient (Wildman–Crippen LogP) is 0.974. The number of rotatable bonds is 2. The summed E-state index contributed by atoms with van der Waals surface area (Å²) in [6.07, 6.45) is -1.19. The Hall–Kier alpha value is -1.75. The highest BCUT2D eigenvalue weighted by Gasteiger charge is 2.03. The molecule has 0 aromatic heterocycles. The van der Waals surface area contributed by atoms with Crippen LogP contribution in [-0.2, 0) is 6.61 Å². The zero-order valence-electron chi connectivity index (χ0n) is 6.69. The van der Waals surface area contributed by atoms with Crippen LogP contribution >= 0.6 is 0 Å². The summed E-state index contributed by atoms with van der Waals surface area (Å²) < 4.78 is 0. The lowest BCUT2D eigenvalue weighted by Gasteiger charge is -2.04. The second-order valence-corrected chi connectivity index (χ2v) is 2.43. The van der Waals surface area contributed by atoms with E-state index in [2.05, 4.69) is 5.32 Å². The van der Waals surface area contributed by atoms with E-state index in [1.165, 1.54) is 18.2 Å². The Morgan fingerprint density at radius 1 is 1.46 bits per heavy atom. The third-order valence-corrected chi connectivity index (χ3v) is 1.50. The fourth-order valence-corrected chi connectivity index (χ4v) is 0.913. The Morgan fingerprint density at radius 3 is 2.69 bits per heavy atom. The molecule has 0 radical (unpaired) electrons. The first-order valence-corrected chi connectivity index (χ1v) is 3.56. The molecule has 0 saturated heterocycles. The number of hydrogen-bond donors (Lipinski definition) is 4. The van der Waals surface area contributed by atoms with E-state index in [0.29, 0.717) is 5.69 Å². The third-order valence-electron chi connectivity index (χ3n) is 1.50. The van der Waals surface area contributed by atoms with Gasteiger partial charge in [-0.1, -0.05) is 0 Å². The van der Waals surface area contributed by atoms with Crippen molar-refractivity contribution in [3.63, 3.8) is 0 Å². The first-order valence-electron chi connectivity index (χ1n) is 3.56. The number of carbonyl (C=O) groups is 1. The lowest BCUT2D eigenvalue weighted by Crippen LogP contribution is -2.07. The number of phenols is 1. The number of amides is 1. The number of aromatic hydroxyl groups is 1. The smallest absolute Gasteiger partial charge is 0.409 e. The summed E-state index contributed by atoms with van der Waals surface area (Å²) in [6.45, 7) is -0.332. The molecule has 0 spiro atoms. The van der Waals surface area contributed by atoms with Crippen LogP contribution in [0.15, 0.2) is 18.2 Å². The quantitative estimate of drug-likeness (QED) is 0.514. The second kappa shape index (κ2) is 3.77. The molecule has 0 aliphatic rings. The normalized spacial score (nSPS) is 9.62. The standard InChI is InChI=1S/C8H9NO4/c10-4-5-3-6(9-8(12)13)1-2-7(5)11/h1-3,9-11H,4H2,(H,12,13). The molecule has 0 heterocycles. The molecular weight excluding hydrogens is 174 g/mol. The van der Waals surface area contributed by atoms with Gasteiger partial charge in [-0.3, -0.25) is 5.32 Å². The van der Waals surface area contributed by atoms with Crippen molar-refractivity contribution in [2.75, 3.05) is 5.32 Å². The first-order chi connectivity index (χ1) is 6.13. The molecule has 0 aliphatic heterocycles. The minimum Gasteiger partial charge on any atom is -0.508 e. The van der Waals surface area contributed by atoms with Crippen molar-refractivity contribution < 1.29 is 20.1 Å². The summed E-state index contributed by atoms with van der Waals surface area (Å²) in [5, 5.41) is 28.3. The molecule has 0 atom stereocenters. The van der Waals surface area contributed by atoms with Gasteiger partial charge in [-0.05, 0) is 18.2 Å². The van der Waals surface area contributed by atoms with E-state index in [9.17, 15) is 4.79 Å².